The van der Waals surface area contributed by atoms with E-state index in [1.165, 1.54) is 76.3 Å². The lowest BCUT2D eigenvalue weighted by Gasteiger charge is -2.50. The van der Waals surface area contributed by atoms with Crippen molar-refractivity contribution in [1.82, 2.24) is 15.8 Å². The summed E-state index contributed by atoms with van der Waals surface area (Å²) < 4.78 is 0. The van der Waals surface area contributed by atoms with Gasteiger partial charge in [-0.2, -0.15) is 0 Å². The monoisotopic (exact) mass is 573 g/mol. The highest BCUT2D eigenvalue weighted by atomic mass is 15.6. The summed E-state index contributed by atoms with van der Waals surface area (Å²) in [6.45, 7) is 8.34. The first-order valence-corrected chi connectivity index (χ1v) is 17.5. The fourth-order valence-electron chi connectivity index (χ4n) is 9.52. The molecule has 1 heterocycles. The van der Waals surface area contributed by atoms with Gasteiger partial charge in [-0.3, -0.25) is 0 Å². The van der Waals surface area contributed by atoms with E-state index in [0.717, 1.165) is 44.0 Å². The van der Waals surface area contributed by atoms with Crippen molar-refractivity contribution < 1.29 is 0 Å². The summed E-state index contributed by atoms with van der Waals surface area (Å²) in [5.41, 5.74) is 23.3. The van der Waals surface area contributed by atoms with Crippen LogP contribution in [0, 0.1) is 28.6 Å². The van der Waals surface area contributed by atoms with Crippen LogP contribution in [0.2, 0.25) is 0 Å². The highest BCUT2D eigenvalue weighted by Crippen LogP contribution is 2.54. The van der Waals surface area contributed by atoms with Crippen LogP contribution in [-0.4, -0.2) is 29.8 Å². The van der Waals surface area contributed by atoms with E-state index in [2.05, 4.69) is 73.0 Å². The highest BCUT2D eigenvalue weighted by Gasteiger charge is 2.46. The Labute approximate surface area is 256 Å². The third kappa shape index (κ3) is 6.35. The van der Waals surface area contributed by atoms with Gasteiger partial charge in [0.05, 0.1) is 6.67 Å². The molecule has 7 atom stereocenters. The van der Waals surface area contributed by atoms with Crippen LogP contribution in [0.1, 0.15) is 117 Å². The molecule has 42 heavy (non-hydrogen) atoms. The average Bonchev–Trinajstić information content (AvgIpc) is 3.43. The normalized spacial score (nSPS) is 40.2. The Balaban J connectivity index is 1.24. The number of hydrazine groups is 1. The van der Waals surface area contributed by atoms with E-state index in [1.54, 1.807) is 11.1 Å². The van der Waals surface area contributed by atoms with Gasteiger partial charge in [0.2, 0.25) is 0 Å². The molecule has 5 aliphatic carbocycles. The van der Waals surface area contributed by atoms with Crippen molar-refractivity contribution in [3.63, 3.8) is 0 Å². The van der Waals surface area contributed by atoms with Crippen molar-refractivity contribution in [2.75, 3.05) is 6.67 Å². The van der Waals surface area contributed by atoms with Gasteiger partial charge in [-0.25, -0.2) is 10.4 Å². The fraction of sp³-hybridized carbons (Fsp3) is 0.730. The molecule has 0 amide bonds. The van der Waals surface area contributed by atoms with Gasteiger partial charge < -0.3 is 16.8 Å². The summed E-state index contributed by atoms with van der Waals surface area (Å²) in [5, 5.41) is 6.68. The van der Waals surface area contributed by atoms with E-state index < -0.39 is 0 Å². The van der Waals surface area contributed by atoms with Crippen molar-refractivity contribution >= 4 is 0 Å². The maximum Gasteiger partial charge on any atom is 0.0816 e. The van der Waals surface area contributed by atoms with Gasteiger partial charge in [-0.1, -0.05) is 76.0 Å². The zero-order chi connectivity index (χ0) is 29.3. The van der Waals surface area contributed by atoms with Gasteiger partial charge in [0, 0.05) is 29.5 Å². The lowest BCUT2D eigenvalue weighted by molar-refractivity contribution is 0.103. The first-order chi connectivity index (χ1) is 20.2. The SMILES string of the molecule is CC1C=CC(N)C([C@]2(C)CCC(NCN3NC(C4CCCCC4)CC3C3=CC=C(N)CC3)=C(C3(C)CC=CCC3)C2)C1. The topological polar surface area (TPSA) is 79.3 Å². The molecular weight excluding hydrogens is 514 g/mol. The van der Waals surface area contributed by atoms with Gasteiger partial charge in [-0.15, -0.1) is 0 Å². The molecule has 0 aromatic rings. The Hall–Kier alpha value is -1.82. The molecule has 0 bridgehead atoms. The van der Waals surface area contributed by atoms with Crippen molar-refractivity contribution in [3.05, 3.63) is 59.0 Å². The third-order valence-electron chi connectivity index (χ3n) is 12.4. The second-order valence-corrected chi connectivity index (χ2v) is 15.5. The Kier molecular flexibility index (Phi) is 9.10. The molecular formula is C37H59N5. The van der Waals surface area contributed by atoms with E-state index in [1.807, 2.05) is 0 Å². The number of allylic oxidation sites excluding steroid dienone is 8. The van der Waals surface area contributed by atoms with E-state index in [0.29, 0.717) is 23.9 Å². The molecule has 6 N–H and O–H groups in total. The molecule has 6 rings (SSSR count). The molecule has 232 valence electrons. The minimum atomic E-state index is 0.180. The highest BCUT2D eigenvalue weighted by molar-refractivity contribution is 5.30. The lowest BCUT2D eigenvalue weighted by atomic mass is 9.57. The van der Waals surface area contributed by atoms with Gasteiger partial charge in [0.15, 0.2) is 0 Å². The minimum absolute atomic E-state index is 0.180. The van der Waals surface area contributed by atoms with Crippen LogP contribution < -0.4 is 22.2 Å². The van der Waals surface area contributed by atoms with Crippen molar-refractivity contribution in [3.8, 4) is 0 Å². The number of hydrogen-bond donors (Lipinski definition) is 4. The molecule has 5 heteroatoms. The van der Waals surface area contributed by atoms with Crippen molar-refractivity contribution in [1.29, 1.82) is 0 Å². The van der Waals surface area contributed by atoms with Crippen molar-refractivity contribution in [2.24, 2.45) is 40.1 Å². The number of nitrogens with one attached hydrogen (secondary N) is 2. The van der Waals surface area contributed by atoms with E-state index >= 15 is 0 Å². The second kappa shape index (κ2) is 12.7. The molecule has 6 aliphatic rings. The Morgan fingerprint density at radius 2 is 1.83 bits per heavy atom. The standard InChI is InChI=1S/C37H59N5/c1-26-12-17-32(39)30(22-26)37(3)21-18-33(31(24-37)36(2)19-8-5-9-20-36)40-25-42-35(28-13-15-29(38)16-14-28)23-34(41-42)27-10-6-4-7-11-27/h5,8,12-13,15,17,26-27,30,32,34-35,40-41H,4,6-7,9-11,14,16,18-25,38-39H2,1-3H3/t26?,30?,32?,34?,35?,36?,37-/m1/s1. The summed E-state index contributed by atoms with van der Waals surface area (Å²) in [7, 11) is 0. The third-order valence-corrected chi connectivity index (χ3v) is 12.4. The maximum absolute atomic E-state index is 6.80. The number of rotatable bonds is 7. The molecule has 0 aromatic heterocycles. The Bertz CT molecular complexity index is 1120. The minimum Gasteiger partial charge on any atom is -0.402 e. The van der Waals surface area contributed by atoms with Crippen LogP contribution >= 0.6 is 0 Å². The first-order valence-electron chi connectivity index (χ1n) is 17.5. The van der Waals surface area contributed by atoms with Crippen LogP contribution in [0.15, 0.2) is 59.0 Å². The molecule has 6 unspecified atom stereocenters. The maximum atomic E-state index is 6.80. The number of nitrogens with two attached hydrogens (primary N) is 2. The summed E-state index contributed by atoms with van der Waals surface area (Å²) in [5.74, 6) is 1.99. The molecule has 1 saturated carbocycles. The van der Waals surface area contributed by atoms with Crippen LogP contribution in [0.25, 0.3) is 0 Å². The molecule has 0 spiro atoms. The van der Waals surface area contributed by atoms with E-state index in [4.69, 9.17) is 11.5 Å². The summed E-state index contributed by atoms with van der Waals surface area (Å²) in [4.78, 5) is 0. The van der Waals surface area contributed by atoms with Crippen LogP contribution in [-0.2, 0) is 0 Å². The van der Waals surface area contributed by atoms with Gasteiger partial charge in [-0.05, 0) is 117 Å². The summed E-state index contributed by atoms with van der Waals surface area (Å²) >= 11 is 0. The number of nitrogens with zero attached hydrogens (tertiary/aromatic N) is 1. The molecule has 2 fully saturated rings. The zero-order valence-electron chi connectivity index (χ0n) is 26.8. The van der Waals surface area contributed by atoms with Gasteiger partial charge in [0.1, 0.15) is 0 Å². The van der Waals surface area contributed by atoms with Gasteiger partial charge >= 0.3 is 0 Å². The average molecular weight is 574 g/mol. The van der Waals surface area contributed by atoms with E-state index in [9.17, 15) is 0 Å². The largest absolute Gasteiger partial charge is 0.402 e. The van der Waals surface area contributed by atoms with Crippen molar-refractivity contribution in [2.45, 2.75) is 135 Å². The smallest absolute Gasteiger partial charge is 0.0816 e. The molecule has 0 radical (unpaired) electrons. The predicted molar refractivity (Wildman–Crippen MR) is 176 cm³/mol. The predicted octanol–water partition coefficient (Wildman–Crippen LogP) is 7.35. The van der Waals surface area contributed by atoms with E-state index in [-0.39, 0.29) is 16.9 Å². The van der Waals surface area contributed by atoms with Crippen LogP contribution in [0.5, 0.6) is 0 Å². The Morgan fingerprint density at radius 1 is 1.00 bits per heavy atom. The Morgan fingerprint density at radius 3 is 2.57 bits per heavy atom. The molecule has 1 aliphatic heterocycles. The van der Waals surface area contributed by atoms with Crippen LogP contribution in [0.3, 0.4) is 0 Å². The molecule has 1 saturated heterocycles. The molecule has 5 nitrogen and oxygen atoms in total. The quantitative estimate of drug-likeness (QED) is 0.239. The second-order valence-electron chi connectivity index (χ2n) is 15.5. The van der Waals surface area contributed by atoms with Crippen LogP contribution in [0.4, 0.5) is 0 Å². The van der Waals surface area contributed by atoms with Gasteiger partial charge in [0.25, 0.3) is 0 Å². The zero-order valence-corrected chi connectivity index (χ0v) is 26.8. The lowest BCUT2D eigenvalue weighted by Crippen LogP contribution is -2.49. The number of hydrogen-bond acceptors (Lipinski definition) is 5. The first kappa shape index (κ1) is 30.2. The molecule has 0 aromatic carbocycles. The fourth-order valence-corrected chi connectivity index (χ4v) is 9.52. The summed E-state index contributed by atoms with van der Waals surface area (Å²) in [6, 6.07) is 1.22. The summed E-state index contributed by atoms with van der Waals surface area (Å²) in [6.07, 6.45) is 32.6.